The molecule has 2 aromatic rings. The highest BCUT2D eigenvalue weighted by molar-refractivity contribution is 5.52. The Morgan fingerprint density at radius 2 is 1.65 bits per heavy atom. The van der Waals surface area contributed by atoms with Gasteiger partial charge in [-0.25, -0.2) is 4.98 Å². The summed E-state index contributed by atoms with van der Waals surface area (Å²) in [5.74, 6) is 0.788. The number of anilines is 1. The highest BCUT2D eigenvalue weighted by Crippen LogP contribution is 2.23. The van der Waals surface area contributed by atoms with Crippen LogP contribution in [0.3, 0.4) is 0 Å². The third-order valence-electron chi connectivity index (χ3n) is 5.95. The average Bonchev–Trinajstić information content (AvgIpc) is 2.69. The van der Waals surface area contributed by atoms with Crippen LogP contribution in [-0.4, -0.2) is 21.5 Å². The molecular formula is C21H30N4O. The van der Waals surface area contributed by atoms with Gasteiger partial charge in [0.2, 0.25) is 0 Å². The standard InChI is InChI=1S/C21H30N4O/c26-21-18(15-22-16-9-3-1-4-10-16)20(23-17-11-5-2-6-12-17)24-19-13-7-8-14-25(19)21/h7-8,13-14,16-17,22-23H,1-6,9-12,15H2. The van der Waals surface area contributed by atoms with Crippen molar-refractivity contribution >= 4 is 11.5 Å². The van der Waals surface area contributed by atoms with Crippen LogP contribution in [0, 0.1) is 0 Å². The van der Waals surface area contributed by atoms with E-state index in [2.05, 4.69) is 10.6 Å². The molecule has 0 atom stereocenters. The molecule has 2 saturated carbocycles. The fraction of sp³-hybridized carbons (Fsp3) is 0.619. The molecule has 2 aliphatic rings. The van der Waals surface area contributed by atoms with Crippen molar-refractivity contribution < 1.29 is 0 Å². The SMILES string of the molecule is O=c1c(CNC2CCCCC2)c(NC2CCCCC2)nc2ccccn12. The molecule has 2 aromatic heterocycles. The number of aromatic nitrogens is 2. The lowest BCUT2D eigenvalue weighted by Gasteiger charge is -2.26. The van der Waals surface area contributed by atoms with E-state index >= 15 is 0 Å². The Bertz CT molecular complexity index is 788. The fourth-order valence-corrected chi connectivity index (χ4v) is 4.40. The van der Waals surface area contributed by atoms with Crippen LogP contribution in [0.1, 0.15) is 69.8 Å². The number of hydrogen-bond donors (Lipinski definition) is 2. The third-order valence-corrected chi connectivity index (χ3v) is 5.95. The predicted molar refractivity (Wildman–Crippen MR) is 106 cm³/mol. The quantitative estimate of drug-likeness (QED) is 0.856. The fourth-order valence-electron chi connectivity index (χ4n) is 4.40. The lowest BCUT2D eigenvalue weighted by Crippen LogP contribution is -2.35. The van der Waals surface area contributed by atoms with Gasteiger partial charge in [-0.15, -0.1) is 0 Å². The molecule has 2 fully saturated rings. The van der Waals surface area contributed by atoms with E-state index < -0.39 is 0 Å². The maximum Gasteiger partial charge on any atom is 0.264 e. The van der Waals surface area contributed by atoms with E-state index in [4.69, 9.17) is 4.98 Å². The Morgan fingerprint density at radius 1 is 0.962 bits per heavy atom. The minimum Gasteiger partial charge on any atom is -0.367 e. The van der Waals surface area contributed by atoms with Crippen LogP contribution >= 0.6 is 0 Å². The highest BCUT2D eigenvalue weighted by atomic mass is 16.1. The summed E-state index contributed by atoms with van der Waals surface area (Å²) in [6.07, 6.45) is 14.4. The Labute approximate surface area is 155 Å². The van der Waals surface area contributed by atoms with E-state index in [9.17, 15) is 4.79 Å². The summed E-state index contributed by atoms with van der Waals surface area (Å²) >= 11 is 0. The molecule has 0 amide bonds. The molecule has 0 spiro atoms. The van der Waals surface area contributed by atoms with E-state index in [0.717, 1.165) is 17.0 Å². The zero-order chi connectivity index (χ0) is 17.8. The summed E-state index contributed by atoms with van der Waals surface area (Å²) < 4.78 is 1.67. The molecule has 140 valence electrons. The predicted octanol–water partition coefficient (Wildman–Crippen LogP) is 3.86. The zero-order valence-electron chi connectivity index (χ0n) is 15.5. The van der Waals surface area contributed by atoms with Gasteiger partial charge in [-0.05, 0) is 37.8 Å². The van der Waals surface area contributed by atoms with Crippen molar-refractivity contribution in [1.29, 1.82) is 0 Å². The van der Waals surface area contributed by atoms with Crippen molar-refractivity contribution in [3.63, 3.8) is 0 Å². The number of nitrogens with one attached hydrogen (secondary N) is 2. The Hall–Kier alpha value is -1.88. The first-order chi connectivity index (χ1) is 12.8. The van der Waals surface area contributed by atoms with Gasteiger partial charge >= 0.3 is 0 Å². The van der Waals surface area contributed by atoms with Gasteiger partial charge in [-0.2, -0.15) is 0 Å². The van der Waals surface area contributed by atoms with Gasteiger partial charge in [0.15, 0.2) is 0 Å². The number of hydrogen-bond acceptors (Lipinski definition) is 4. The molecule has 0 aromatic carbocycles. The zero-order valence-corrected chi connectivity index (χ0v) is 15.5. The number of fused-ring (bicyclic) bond motifs is 1. The second kappa shape index (κ2) is 8.21. The molecule has 0 radical (unpaired) electrons. The molecule has 2 N–H and O–H groups in total. The van der Waals surface area contributed by atoms with Crippen molar-refractivity contribution in [3.05, 3.63) is 40.3 Å². The topological polar surface area (TPSA) is 58.4 Å². The van der Waals surface area contributed by atoms with Crippen LogP contribution < -0.4 is 16.2 Å². The molecule has 0 bridgehead atoms. The minimum absolute atomic E-state index is 0.0530. The van der Waals surface area contributed by atoms with Gasteiger partial charge in [-0.1, -0.05) is 44.6 Å². The van der Waals surface area contributed by atoms with Gasteiger partial charge in [-0.3, -0.25) is 9.20 Å². The van der Waals surface area contributed by atoms with Gasteiger partial charge < -0.3 is 10.6 Å². The highest BCUT2D eigenvalue weighted by Gasteiger charge is 2.20. The van der Waals surface area contributed by atoms with Gasteiger partial charge in [0, 0.05) is 24.8 Å². The normalized spacial score (nSPS) is 19.7. The first kappa shape index (κ1) is 17.5. The summed E-state index contributed by atoms with van der Waals surface area (Å²) in [4.78, 5) is 17.9. The second-order valence-electron chi connectivity index (χ2n) is 7.87. The molecule has 4 rings (SSSR count). The van der Waals surface area contributed by atoms with Crippen LogP contribution in [0.5, 0.6) is 0 Å². The first-order valence-electron chi connectivity index (χ1n) is 10.3. The molecule has 0 aliphatic heterocycles. The summed E-state index contributed by atoms with van der Waals surface area (Å²) in [5.41, 5.74) is 1.55. The van der Waals surface area contributed by atoms with E-state index in [-0.39, 0.29) is 5.56 Å². The van der Waals surface area contributed by atoms with Crippen molar-refractivity contribution in [3.8, 4) is 0 Å². The lowest BCUT2D eigenvalue weighted by molar-refractivity contribution is 0.371. The van der Waals surface area contributed by atoms with Crippen LogP contribution in [0.25, 0.3) is 5.65 Å². The molecule has 5 nitrogen and oxygen atoms in total. The molecule has 2 heterocycles. The van der Waals surface area contributed by atoms with E-state index in [1.54, 1.807) is 4.40 Å². The van der Waals surface area contributed by atoms with Crippen molar-refractivity contribution in [2.45, 2.75) is 82.8 Å². The van der Waals surface area contributed by atoms with Gasteiger partial charge in [0.1, 0.15) is 11.5 Å². The molecule has 0 saturated heterocycles. The van der Waals surface area contributed by atoms with Crippen LogP contribution in [-0.2, 0) is 6.54 Å². The number of nitrogens with zero attached hydrogens (tertiary/aromatic N) is 2. The van der Waals surface area contributed by atoms with Crippen molar-refractivity contribution in [2.24, 2.45) is 0 Å². The molecule has 0 unspecified atom stereocenters. The van der Waals surface area contributed by atoms with Crippen LogP contribution in [0.15, 0.2) is 29.2 Å². The number of pyridine rings is 1. The van der Waals surface area contributed by atoms with Crippen molar-refractivity contribution in [1.82, 2.24) is 14.7 Å². The molecule has 26 heavy (non-hydrogen) atoms. The maximum atomic E-state index is 13.1. The average molecular weight is 354 g/mol. The van der Waals surface area contributed by atoms with E-state index in [0.29, 0.717) is 18.6 Å². The first-order valence-corrected chi connectivity index (χ1v) is 10.3. The van der Waals surface area contributed by atoms with Crippen molar-refractivity contribution in [2.75, 3.05) is 5.32 Å². The second-order valence-corrected chi connectivity index (χ2v) is 7.87. The third kappa shape index (κ3) is 3.93. The summed E-state index contributed by atoms with van der Waals surface area (Å²) in [6.45, 7) is 0.601. The molecule has 2 aliphatic carbocycles. The Morgan fingerprint density at radius 3 is 2.38 bits per heavy atom. The van der Waals surface area contributed by atoms with Crippen LogP contribution in [0.4, 0.5) is 5.82 Å². The Balaban J connectivity index is 1.61. The Kier molecular flexibility index (Phi) is 5.54. The minimum atomic E-state index is 0.0530. The van der Waals surface area contributed by atoms with Gasteiger partial charge in [0.05, 0.1) is 5.56 Å². The van der Waals surface area contributed by atoms with E-state index in [1.807, 2.05) is 24.4 Å². The van der Waals surface area contributed by atoms with E-state index in [1.165, 1.54) is 64.2 Å². The maximum absolute atomic E-state index is 13.1. The summed E-state index contributed by atoms with van der Waals surface area (Å²) in [6, 6.07) is 6.71. The molecular weight excluding hydrogens is 324 g/mol. The molecule has 5 heteroatoms. The van der Waals surface area contributed by atoms with Crippen LogP contribution in [0.2, 0.25) is 0 Å². The smallest absolute Gasteiger partial charge is 0.264 e. The monoisotopic (exact) mass is 354 g/mol. The lowest BCUT2D eigenvalue weighted by atomic mass is 9.95. The summed E-state index contributed by atoms with van der Waals surface area (Å²) in [5, 5.41) is 7.23. The number of rotatable bonds is 5. The van der Waals surface area contributed by atoms with Gasteiger partial charge in [0.25, 0.3) is 5.56 Å². The summed E-state index contributed by atoms with van der Waals surface area (Å²) in [7, 11) is 0. The largest absolute Gasteiger partial charge is 0.367 e.